The van der Waals surface area contributed by atoms with Gasteiger partial charge in [-0.2, -0.15) is 4.98 Å². The molecule has 2 saturated carbocycles. The van der Waals surface area contributed by atoms with E-state index in [2.05, 4.69) is 17.6 Å². The number of aliphatic hydroxyl groups excluding tert-OH is 2. The second kappa shape index (κ2) is 8.79. The Morgan fingerprint density at radius 2 is 1.91 bits per heavy atom. The number of thiazole rings is 1. The summed E-state index contributed by atoms with van der Waals surface area (Å²) < 4.78 is 1.08. The first kappa shape index (κ1) is 22.5. The molecule has 0 bridgehead atoms. The van der Waals surface area contributed by atoms with Crippen LogP contribution in [-0.4, -0.2) is 60.7 Å². The van der Waals surface area contributed by atoms with Crippen LogP contribution in [0.3, 0.4) is 0 Å². The number of hydrogen-bond donors (Lipinski definition) is 5. The third-order valence-corrected chi connectivity index (χ3v) is 7.99. The summed E-state index contributed by atoms with van der Waals surface area (Å²) in [6.07, 6.45) is 3.15. The molecule has 1 aromatic carbocycles. The zero-order chi connectivity index (χ0) is 23.2. The highest BCUT2D eigenvalue weighted by atomic mass is 32.1. The van der Waals surface area contributed by atoms with E-state index in [-0.39, 0.29) is 5.92 Å². The first-order valence-electron chi connectivity index (χ1n) is 11.8. The molecule has 2 heterocycles. The van der Waals surface area contributed by atoms with E-state index in [4.69, 9.17) is 15.0 Å². The fraction of sp³-hybridized carbons (Fsp3) is 0.542. The van der Waals surface area contributed by atoms with E-state index in [0.717, 1.165) is 45.9 Å². The second-order valence-electron chi connectivity index (χ2n) is 9.20. The van der Waals surface area contributed by atoms with Crippen LogP contribution in [0.1, 0.15) is 44.7 Å². The number of hydrogen-bond acceptors (Lipinski definition) is 9. The third-order valence-electron chi connectivity index (χ3n) is 6.94. The zero-order valence-electron chi connectivity index (χ0n) is 19.0. The number of rotatable bonds is 9. The van der Waals surface area contributed by atoms with Gasteiger partial charge in [0, 0.05) is 12.5 Å². The largest absolute Gasteiger partial charge is 0.390 e. The topological polar surface area (TPSA) is 123 Å². The van der Waals surface area contributed by atoms with Gasteiger partial charge in [-0.1, -0.05) is 38.3 Å². The van der Waals surface area contributed by atoms with Crippen molar-refractivity contribution in [3.63, 3.8) is 0 Å². The summed E-state index contributed by atoms with van der Waals surface area (Å²) >= 11 is 1.58. The van der Waals surface area contributed by atoms with Gasteiger partial charge in [0.15, 0.2) is 0 Å². The molecule has 0 amide bonds. The van der Waals surface area contributed by atoms with Crippen molar-refractivity contribution < 1.29 is 15.3 Å². The summed E-state index contributed by atoms with van der Waals surface area (Å²) in [5.41, 5.74) is 1.09. The van der Waals surface area contributed by atoms with Crippen LogP contribution in [-0.2, 0) is 0 Å². The SMILES string of the molecule is CCCCCCNc1nc(C)c(-c2nc3ccccc3s2)c(N[C@@H]2C[C@@H]3C(O)[C@]3(O)[C@H]2O)n1. The van der Waals surface area contributed by atoms with E-state index < -0.39 is 23.9 Å². The number of aromatic nitrogens is 3. The predicted octanol–water partition coefficient (Wildman–Crippen LogP) is 3.32. The third kappa shape index (κ3) is 3.97. The molecule has 0 aliphatic heterocycles. The quantitative estimate of drug-likeness (QED) is 0.303. The highest BCUT2D eigenvalue weighted by molar-refractivity contribution is 7.21. The monoisotopic (exact) mass is 469 g/mol. The molecular weight excluding hydrogens is 438 g/mol. The molecule has 1 unspecified atom stereocenters. The molecule has 5 atom stereocenters. The maximum atomic E-state index is 10.7. The first-order valence-corrected chi connectivity index (χ1v) is 12.6. The number of unbranched alkanes of at least 4 members (excludes halogenated alkanes) is 3. The minimum atomic E-state index is -1.42. The molecule has 8 nitrogen and oxygen atoms in total. The van der Waals surface area contributed by atoms with E-state index >= 15 is 0 Å². The van der Waals surface area contributed by atoms with Crippen LogP contribution in [0.5, 0.6) is 0 Å². The number of fused-ring (bicyclic) bond motifs is 2. The lowest BCUT2D eigenvalue weighted by Gasteiger charge is -2.25. The summed E-state index contributed by atoms with van der Waals surface area (Å²) in [6, 6.07) is 7.56. The van der Waals surface area contributed by atoms with Gasteiger partial charge >= 0.3 is 0 Å². The number of aliphatic hydroxyl groups is 3. The fourth-order valence-electron chi connectivity index (χ4n) is 4.94. The summed E-state index contributed by atoms with van der Waals surface area (Å²) in [5.74, 6) is 0.809. The van der Waals surface area contributed by atoms with Gasteiger partial charge in [-0.05, 0) is 31.9 Å². The molecule has 0 saturated heterocycles. The van der Waals surface area contributed by atoms with Gasteiger partial charge in [0.25, 0.3) is 0 Å². The van der Waals surface area contributed by atoms with Crippen molar-refractivity contribution in [2.45, 2.75) is 69.8 Å². The van der Waals surface area contributed by atoms with Crippen molar-refractivity contribution in [2.24, 2.45) is 5.92 Å². The Morgan fingerprint density at radius 1 is 1.09 bits per heavy atom. The molecule has 2 fully saturated rings. The highest BCUT2D eigenvalue weighted by Crippen LogP contribution is 2.56. The van der Waals surface area contributed by atoms with Gasteiger partial charge < -0.3 is 26.0 Å². The van der Waals surface area contributed by atoms with Crippen molar-refractivity contribution in [2.75, 3.05) is 17.2 Å². The smallest absolute Gasteiger partial charge is 0.224 e. The van der Waals surface area contributed by atoms with Crippen molar-refractivity contribution in [1.29, 1.82) is 0 Å². The highest BCUT2D eigenvalue weighted by Gasteiger charge is 2.74. The summed E-state index contributed by atoms with van der Waals surface area (Å²) in [6.45, 7) is 4.92. The van der Waals surface area contributed by atoms with Crippen LogP contribution in [0, 0.1) is 12.8 Å². The van der Waals surface area contributed by atoms with E-state index in [1.807, 2.05) is 31.2 Å². The Hall–Kier alpha value is -2.33. The van der Waals surface area contributed by atoms with Crippen molar-refractivity contribution in [1.82, 2.24) is 15.0 Å². The van der Waals surface area contributed by atoms with Crippen molar-refractivity contribution >= 4 is 33.3 Å². The van der Waals surface area contributed by atoms with Gasteiger partial charge in [-0.15, -0.1) is 11.3 Å². The molecule has 9 heteroatoms. The average Bonchev–Trinajstić information content (AvgIpc) is 3.08. The molecule has 2 aliphatic rings. The molecule has 0 spiro atoms. The van der Waals surface area contributed by atoms with Gasteiger partial charge in [0.05, 0.1) is 33.6 Å². The Morgan fingerprint density at radius 3 is 2.64 bits per heavy atom. The standard InChI is InChI=1S/C24H31N5O3S/c1-3-4-5-8-11-25-23-26-13(2)18(22-28-15-9-6-7-10-17(15)33-22)21(29-23)27-16-12-14-19(30)24(14,32)20(16)31/h6-7,9-10,14,16,19-20,30-32H,3-5,8,11-12H2,1-2H3,(H2,25,26,27,29)/t14-,16-,19?,20+,24+/m1/s1. The van der Waals surface area contributed by atoms with Gasteiger partial charge in [0.2, 0.25) is 5.95 Å². The van der Waals surface area contributed by atoms with Gasteiger partial charge in [-0.3, -0.25) is 0 Å². The Kier molecular flexibility index (Phi) is 5.98. The number of nitrogens with one attached hydrogen (secondary N) is 2. The number of aryl methyl sites for hydroxylation is 1. The van der Waals surface area contributed by atoms with E-state index in [1.54, 1.807) is 11.3 Å². The molecule has 3 aromatic rings. The molecule has 2 aliphatic carbocycles. The summed E-state index contributed by atoms with van der Waals surface area (Å²) in [7, 11) is 0. The normalized spacial score (nSPS) is 28.2. The molecule has 5 N–H and O–H groups in total. The number of anilines is 2. The van der Waals surface area contributed by atoms with Crippen LogP contribution >= 0.6 is 11.3 Å². The molecule has 0 radical (unpaired) electrons. The summed E-state index contributed by atoms with van der Waals surface area (Å²) in [4.78, 5) is 14.2. The first-order chi connectivity index (χ1) is 15.9. The molecule has 5 rings (SSSR count). The van der Waals surface area contributed by atoms with Crippen molar-refractivity contribution in [3.8, 4) is 10.6 Å². The maximum absolute atomic E-state index is 10.7. The minimum Gasteiger partial charge on any atom is -0.390 e. The lowest BCUT2D eigenvalue weighted by atomic mass is 10.1. The van der Waals surface area contributed by atoms with E-state index in [9.17, 15) is 15.3 Å². The fourth-order valence-corrected chi connectivity index (χ4v) is 6.00. The summed E-state index contributed by atoms with van der Waals surface area (Å²) in [5, 5.41) is 38.6. The molecule has 2 aromatic heterocycles. The lowest BCUT2D eigenvalue weighted by molar-refractivity contribution is -0.0262. The number of nitrogens with zero attached hydrogens (tertiary/aromatic N) is 3. The van der Waals surface area contributed by atoms with Crippen LogP contribution in [0.25, 0.3) is 20.8 Å². The van der Waals surface area contributed by atoms with Crippen LogP contribution < -0.4 is 10.6 Å². The average molecular weight is 470 g/mol. The number of benzene rings is 1. The zero-order valence-corrected chi connectivity index (χ0v) is 19.8. The predicted molar refractivity (Wildman–Crippen MR) is 130 cm³/mol. The van der Waals surface area contributed by atoms with Crippen molar-refractivity contribution in [3.05, 3.63) is 30.0 Å². The van der Waals surface area contributed by atoms with Gasteiger partial charge in [-0.25, -0.2) is 9.97 Å². The Bertz CT molecular complexity index is 1120. The van der Waals surface area contributed by atoms with E-state index in [0.29, 0.717) is 18.2 Å². The maximum Gasteiger partial charge on any atom is 0.224 e. The van der Waals surface area contributed by atoms with Crippen LogP contribution in [0.4, 0.5) is 11.8 Å². The Balaban J connectivity index is 1.45. The Labute approximate surface area is 197 Å². The van der Waals surface area contributed by atoms with Crippen LogP contribution in [0.2, 0.25) is 0 Å². The molecule has 33 heavy (non-hydrogen) atoms. The minimum absolute atomic E-state index is 0.310. The van der Waals surface area contributed by atoms with Crippen LogP contribution in [0.15, 0.2) is 24.3 Å². The van der Waals surface area contributed by atoms with Gasteiger partial charge in [0.1, 0.15) is 22.5 Å². The second-order valence-corrected chi connectivity index (χ2v) is 10.2. The molecular formula is C24H31N5O3S. The van der Waals surface area contributed by atoms with E-state index in [1.165, 1.54) is 12.8 Å². The lowest BCUT2D eigenvalue weighted by Crippen LogP contribution is -2.42. The molecule has 176 valence electrons. The number of para-hydroxylation sites is 1.